The van der Waals surface area contributed by atoms with Crippen LogP contribution in [0.1, 0.15) is 61.1 Å². The molecule has 1 saturated heterocycles. The van der Waals surface area contributed by atoms with Gasteiger partial charge in [-0.25, -0.2) is 19.4 Å². The Morgan fingerprint density at radius 2 is 1.66 bits per heavy atom. The van der Waals surface area contributed by atoms with Gasteiger partial charge in [-0.05, 0) is 55.4 Å². The van der Waals surface area contributed by atoms with Crippen molar-refractivity contribution in [3.8, 4) is 0 Å². The van der Waals surface area contributed by atoms with E-state index >= 15 is 0 Å². The SMILES string of the molecule is CC(C)(C)OC(=O)NC[C@@H](O)CNC[C@H]1NC(=O)[C@H]1NC(=O)C(=NOC(C)(C)C(=O)O)c1csc(NC(=O)OC(C)(C)C)n1. The van der Waals surface area contributed by atoms with Gasteiger partial charge in [0.25, 0.3) is 5.91 Å². The van der Waals surface area contributed by atoms with E-state index in [9.17, 15) is 34.2 Å². The number of carboxylic acid groups (broad SMARTS) is 1. The number of oxime groups is 1. The summed E-state index contributed by atoms with van der Waals surface area (Å²) in [6.45, 7) is 12.8. The number of aliphatic hydroxyl groups is 1. The fraction of sp³-hybridized carbons (Fsp3) is 0.654. The van der Waals surface area contributed by atoms with Crippen molar-refractivity contribution in [1.82, 2.24) is 26.3 Å². The fourth-order valence-corrected chi connectivity index (χ4v) is 3.89. The van der Waals surface area contributed by atoms with Crippen LogP contribution in [0.15, 0.2) is 10.5 Å². The van der Waals surface area contributed by atoms with Crippen LogP contribution in [0.2, 0.25) is 0 Å². The number of ether oxygens (including phenoxy) is 2. The summed E-state index contributed by atoms with van der Waals surface area (Å²) in [5, 5.41) is 37.7. The average Bonchev–Trinajstić information content (AvgIpc) is 3.31. The highest BCUT2D eigenvalue weighted by atomic mass is 32.1. The van der Waals surface area contributed by atoms with Crippen molar-refractivity contribution < 1.29 is 48.5 Å². The van der Waals surface area contributed by atoms with Gasteiger partial charge in [0.15, 0.2) is 10.8 Å². The minimum absolute atomic E-state index is 0.0555. The van der Waals surface area contributed by atoms with Crippen LogP contribution in [-0.4, -0.2) is 106 Å². The van der Waals surface area contributed by atoms with E-state index in [0.717, 1.165) is 11.3 Å². The van der Waals surface area contributed by atoms with Crippen molar-refractivity contribution in [1.29, 1.82) is 0 Å². The number of hydrogen-bond donors (Lipinski definition) is 7. The number of amides is 4. The normalized spacial score (nSPS) is 17.8. The van der Waals surface area contributed by atoms with Crippen LogP contribution in [0.5, 0.6) is 0 Å². The monoisotopic (exact) mass is 643 g/mol. The number of nitrogens with zero attached hydrogens (tertiary/aromatic N) is 2. The number of carbonyl (C=O) groups is 5. The molecule has 2 heterocycles. The number of thiazole rings is 1. The number of aromatic nitrogens is 1. The van der Waals surface area contributed by atoms with Crippen LogP contribution in [-0.2, 0) is 28.7 Å². The van der Waals surface area contributed by atoms with Crippen molar-refractivity contribution in [2.45, 2.75) is 90.4 Å². The molecule has 0 aliphatic carbocycles. The van der Waals surface area contributed by atoms with Crippen molar-refractivity contribution in [3.05, 3.63) is 11.1 Å². The second-order valence-corrected chi connectivity index (χ2v) is 13.1. The summed E-state index contributed by atoms with van der Waals surface area (Å²) in [4.78, 5) is 70.2. The number of aliphatic carboxylic acids is 1. The van der Waals surface area contributed by atoms with Gasteiger partial charge >= 0.3 is 18.2 Å². The highest BCUT2D eigenvalue weighted by Crippen LogP contribution is 2.20. The predicted molar refractivity (Wildman–Crippen MR) is 158 cm³/mol. The zero-order chi connectivity index (χ0) is 33.5. The summed E-state index contributed by atoms with van der Waals surface area (Å²) < 4.78 is 10.3. The Bertz CT molecular complexity index is 1250. The van der Waals surface area contributed by atoms with E-state index in [1.165, 1.54) is 19.2 Å². The number of hydrogen-bond acceptors (Lipinski definition) is 13. The topological polar surface area (TPSA) is 239 Å². The number of carbonyl (C=O) groups excluding carboxylic acids is 4. The highest BCUT2D eigenvalue weighted by molar-refractivity contribution is 7.14. The zero-order valence-corrected chi connectivity index (χ0v) is 26.7. The van der Waals surface area contributed by atoms with E-state index < -0.39 is 70.7 Å². The van der Waals surface area contributed by atoms with Crippen LogP contribution in [0.3, 0.4) is 0 Å². The lowest BCUT2D eigenvalue weighted by Crippen LogP contribution is -2.72. The van der Waals surface area contributed by atoms with E-state index in [0.29, 0.717) is 0 Å². The van der Waals surface area contributed by atoms with E-state index in [-0.39, 0.29) is 30.5 Å². The minimum Gasteiger partial charge on any atom is -0.478 e. The Hall–Kier alpha value is -4.03. The standard InChI is InChI=1S/C26H41N7O10S/c1-24(2,3)41-22(39)28-10-13(34)9-27-11-14-16(18(35)29-14)31-19(36)17(33-43-26(7,8)20(37)38)15-12-44-21(30-15)32-23(40)42-25(4,5)6/h12-14,16,27,34H,9-11H2,1-8H3,(H,28,39)(H,29,35)(H,31,36)(H,37,38)(H,30,32,40)/t13-,14+,16-/m0/s1. The molecule has 0 unspecified atom stereocenters. The molecule has 3 atom stereocenters. The lowest BCUT2D eigenvalue weighted by Gasteiger charge is -2.37. The van der Waals surface area contributed by atoms with Crippen molar-refractivity contribution in [2.24, 2.45) is 5.16 Å². The smallest absolute Gasteiger partial charge is 0.413 e. The molecule has 2 rings (SSSR count). The minimum atomic E-state index is -1.81. The third-order valence-corrected chi connectivity index (χ3v) is 6.13. The maximum absolute atomic E-state index is 13.3. The number of carboxylic acids is 1. The molecule has 17 nitrogen and oxygen atoms in total. The van der Waals surface area contributed by atoms with Crippen LogP contribution >= 0.6 is 11.3 Å². The second kappa shape index (κ2) is 14.6. The molecule has 18 heteroatoms. The molecule has 246 valence electrons. The number of anilines is 1. The van der Waals surface area contributed by atoms with Gasteiger partial charge in [-0.1, -0.05) is 5.16 Å². The van der Waals surface area contributed by atoms with Gasteiger partial charge in [0.2, 0.25) is 11.5 Å². The van der Waals surface area contributed by atoms with Crippen LogP contribution < -0.4 is 26.6 Å². The molecule has 0 bridgehead atoms. The summed E-state index contributed by atoms with van der Waals surface area (Å²) in [6, 6.07) is -1.59. The molecule has 1 aliphatic heterocycles. The van der Waals surface area contributed by atoms with Crippen LogP contribution in [0, 0.1) is 0 Å². The Morgan fingerprint density at radius 3 is 2.23 bits per heavy atom. The van der Waals surface area contributed by atoms with Gasteiger partial charge in [-0.15, -0.1) is 11.3 Å². The van der Waals surface area contributed by atoms with Crippen molar-refractivity contribution in [3.63, 3.8) is 0 Å². The van der Waals surface area contributed by atoms with Gasteiger partial charge in [-0.2, -0.15) is 0 Å². The van der Waals surface area contributed by atoms with Crippen LogP contribution in [0.4, 0.5) is 14.7 Å². The molecular weight excluding hydrogens is 602 g/mol. The van der Waals surface area contributed by atoms with Gasteiger partial charge in [0, 0.05) is 25.0 Å². The molecule has 0 aromatic carbocycles. The second-order valence-electron chi connectivity index (χ2n) is 12.3. The number of aliphatic hydroxyl groups excluding tert-OH is 1. The molecule has 0 radical (unpaired) electrons. The summed E-state index contributed by atoms with van der Waals surface area (Å²) in [5.74, 6) is -2.74. The first-order valence-corrected chi connectivity index (χ1v) is 14.5. The molecule has 1 aliphatic rings. The largest absolute Gasteiger partial charge is 0.478 e. The maximum Gasteiger partial charge on any atom is 0.413 e. The van der Waals surface area contributed by atoms with Crippen molar-refractivity contribution in [2.75, 3.05) is 25.0 Å². The molecular formula is C26H41N7O10S. The first kappa shape index (κ1) is 36.2. The van der Waals surface area contributed by atoms with Crippen LogP contribution in [0.25, 0.3) is 0 Å². The third kappa shape index (κ3) is 11.9. The lowest BCUT2D eigenvalue weighted by atomic mass is 9.98. The predicted octanol–water partition coefficient (Wildman–Crippen LogP) is 0.532. The highest BCUT2D eigenvalue weighted by Gasteiger charge is 2.41. The molecule has 4 amide bonds. The summed E-state index contributed by atoms with van der Waals surface area (Å²) >= 11 is 0.948. The Labute approximate surface area is 258 Å². The van der Waals surface area contributed by atoms with E-state index in [1.54, 1.807) is 41.5 Å². The fourth-order valence-electron chi connectivity index (χ4n) is 3.21. The lowest BCUT2D eigenvalue weighted by molar-refractivity contribution is -0.161. The molecule has 44 heavy (non-hydrogen) atoms. The molecule has 0 spiro atoms. The number of nitrogens with one attached hydrogen (secondary N) is 5. The molecule has 1 aromatic rings. The zero-order valence-electron chi connectivity index (χ0n) is 25.9. The van der Waals surface area contributed by atoms with E-state index in [1.807, 2.05) is 0 Å². The van der Waals surface area contributed by atoms with Gasteiger partial charge < -0.3 is 45.8 Å². The number of rotatable bonds is 13. The Kier molecular flexibility index (Phi) is 12.0. The maximum atomic E-state index is 13.3. The molecule has 7 N–H and O–H groups in total. The van der Waals surface area contributed by atoms with E-state index in [4.69, 9.17) is 14.3 Å². The van der Waals surface area contributed by atoms with E-state index in [2.05, 4.69) is 36.7 Å². The first-order chi connectivity index (χ1) is 20.2. The summed E-state index contributed by atoms with van der Waals surface area (Å²) in [6.07, 6.45) is -2.42. The number of alkyl carbamates (subject to hydrolysis) is 1. The number of β-lactam (4-membered cyclic amide) rings is 1. The Morgan fingerprint density at radius 1 is 1.05 bits per heavy atom. The van der Waals surface area contributed by atoms with Gasteiger partial charge in [0.05, 0.1) is 12.1 Å². The average molecular weight is 644 g/mol. The first-order valence-electron chi connectivity index (χ1n) is 13.6. The molecule has 1 aromatic heterocycles. The van der Waals surface area contributed by atoms with Crippen molar-refractivity contribution >= 4 is 52.2 Å². The summed E-state index contributed by atoms with van der Waals surface area (Å²) in [7, 11) is 0. The van der Waals surface area contributed by atoms with Gasteiger partial charge in [-0.3, -0.25) is 14.9 Å². The molecule has 0 saturated carbocycles. The molecule has 1 fully saturated rings. The Balaban J connectivity index is 2.05. The van der Waals surface area contributed by atoms with Gasteiger partial charge in [0.1, 0.15) is 22.9 Å². The third-order valence-electron chi connectivity index (χ3n) is 5.37. The quantitative estimate of drug-likeness (QED) is 0.0885. The summed E-state index contributed by atoms with van der Waals surface area (Å²) in [5.41, 5.74) is -3.76.